The summed E-state index contributed by atoms with van der Waals surface area (Å²) < 4.78 is 34.2. The SMILES string of the molecule is CCCCCCCCCCCCCCOCC(COP(=O)([O-])OCC[N+](C)(C)C)OC(=O)CCCCCCCCCC. The van der Waals surface area contributed by atoms with E-state index in [-0.39, 0.29) is 25.8 Å². The number of carbonyl (C=O) groups excluding carboxylic acids is 1. The predicted molar refractivity (Wildman–Crippen MR) is 171 cm³/mol. The first-order valence-corrected chi connectivity index (χ1v) is 18.7. The van der Waals surface area contributed by atoms with Crippen molar-refractivity contribution in [2.75, 3.05) is 54.1 Å². The molecule has 0 aliphatic rings. The summed E-state index contributed by atoms with van der Waals surface area (Å²) in [4.78, 5) is 24.7. The van der Waals surface area contributed by atoms with Crippen LogP contribution < -0.4 is 4.89 Å². The van der Waals surface area contributed by atoms with Gasteiger partial charge in [-0.1, -0.05) is 129 Å². The largest absolute Gasteiger partial charge is 0.756 e. The standard InChI is InChI=1S/C33H68NO7P/c1-6-8-10-12-14-16-17-18-19-21-23-25-28-38-30-32(31-40-42(36,37)39-29-27-34(3,4)5)41-33(35)26-24-22-20-15-13-11-9-7-2/h32H,6-31H2,1-5H3. The fourth-order valence-corrected chi connectivity index (χ4v) is 5.39. The van der Waals surface area contributed by atoms with Gasteiger partial charge in [-0.05, 0) is 12.8 Å². The molecule has 2 atom stereocenters. The Morgan fingerprint density at radius 2 is 1.10 bits per heavy atom. The molecule has 0 spiro atoms. The number of rotatable bonds is 32. The lowest BCUT2D eigenvalue weighted by Crippen LogP contribution is -2.37. The predicted octanol–water partition coefficient (Wildman–Crippen LogP) is 8.35. The molecular weight excluding hydrogens is 553 g/mol. The van der Waals surface area contributed by atoms with Crippen molar-refractivity contribution >= 4 is 13.8 Å². The van der Waals surface area contributed by atoms with E-state index >= 15 is 0 Å². The van der Waals surface area contributed by atoms with Crippen LogP contribution >= 0.6 is 7.82 Å². The normalized spacial score (nSPS) is 14.1. The third-order valence-electron chi connectivity index (χ3n) is 7.41. The number of ether oxygens (including phenoxy) is 2. The average Bonchev–Trinajstić information content (AvgIpc) is 2.92. The number of phosphoric acid groups is 1. The van der Waals surface area contributed by atoms with E-state index in [4.69, 9.17) is 18.5 Å². The molecule has 0 saturated carbocycles. The Morgan fingerprint density at radius 1 is 0.643 bits per heavy atom. The van der Waals surface area contributed by atoms with Gasteiger partial charge in [-0.25, -0.2) is 0 Å². The van der Waals surface area contributed by atoms with Crippen LogP contribution in [-0.2, 0) is 27.9 Å². The lowest BCUT2D eigenvalue weighted by molar-refractivity contribution is -0.870. The average molecular weight is 622 g/mol. The van der Waals surface area contributed by atoms with Crippen molar-refractivity contribution in [3.05, 3.63) is 0 Å². The van der Waals surface area contributed by atoms with Gasteiger partial charge in [-0.3, -0.25) is 9.36 Å². The van der Waals surface area contributed by atoms with Crippen LogP contribution in [0.15, 0.2) is 0 Å². The summed E-state index contributed by atoms with van der Waals surface area (Å²) in [5.74, 6) is -0.338. The van der Waals surface area contributed by atoms with Crippen LogP contribution in [0, 0.1) is 0 Å². The van der Waals surface area contributed by atoms with Crippen LogP contribution in [0.1, 0.15) is 149 Å². The van der Waals surface area contributed by atoms with Gasteiger partial charge in [0.15, 0.2) is 0 Å². The Bertz CT molecular complexity index is 657. The van der Waals surface area contributed by atoms with Crippen molar-refractivity contribution in [1.82, 2.24) is 0 Å². The Morgan fingerprint density at radius 3 is 1.57 bits per heavy atom. The third-order valence-corrected chi connectivity index (χ3v) is 8.37. The molecule has 8 nitrogen and oxygen atoms in total. The van der Waals surface area contributed by atoms with E-state index in [1.807, 2.05) is 21.1 Å². The molecule has 42 heavy (non-hydrogen) atoms. The van der Waals surface area contributed by atoms with E-state index < -0.39 is 13.9 Å². The highest BCUT2D eigenvalue weighted by molar-refractivity contribution is 7.45. The van der Waals surface area contributed by atoms with E-state index in [1.54, 1.807) is 0 Å². The number of phosphoric ester groups is 1. The van der Waals surface area contributed by atoms with Crippen LogP contribution in [0.5, 0.6) is 0 Å². The van der Waals surface area contributed by atoms with Gasteiger partial charge in [0.25, 0.3) is 7.82 Å². The van der Waals surface area contributed by atoms with Gasteiger partial charge in [-0.15, -0.1) is 0 Å². The van der Waals surface area contributed by atoms with Crippen LogP contribution in [-0.4, -0.2) is 70.7 Å². The fourth-order valence-electron chi connectivity index (χ4n) is 4.66. The minimum atomic E-state index is -4.50. The first kappa shape index (κ1) is 41.5. The second kappa shape index (κ2) is 28.0. The van der Waals surface area contributed by atoms with Gasteiger partial charge >= 0.3 is 5.97 Å². The lowest BCUT2D eigenvalue weighted by Gasteiger charge is -2.28. The number of hydrogen-bond donors (Lipinski definition) is 0. The highest BCUT2D eigenvalue weighted by Gasteiger charge is 2.20. The molecule has 9 heteroatoms. The molecule has 0 amide bonds. The molecule has 0 heterocycles. The van der Waals surface area contributed by atoms with E-state index in [1.165, 1.54) is 96.3 Å². The topological polar surface area (TPSA) is 94.1 Å². The number of carbonyl (C=O) groups is 1. The zero-order valence-electron chi connectivity index (χ0n) is 28.2. The Balaban J connectivity index is 4.30. The molecule has 0 aliphatic carbocycles. The number of unbranched alkanes of at least 4 members (excludes halogenated alkanes) is 18. The van der Waals surface area contributed by atoms with Crippen LogP contribution in [0.25, 0.3) is 0 Å². The van der Waals surface area contributed by atoms with Gasteiger partial charge in [0.05, 0.1) is 34.4 Å². The molecule has 0 saturated heterocycles. The molecule has 0 bridgehead atoms. The maximum atomic E-state index is 12.5. The molecule has 0 aliphatic heterocycles. The molecule has 2 unspecified atom stereocenters. The van der Waals surface area contributed by atoms with Crippen molar-refractivity contribution < 1.29 is 37.3 Å². The first-order valence-electron chi connectivity index (χ1n) is 17.3. The molecular formula is C33H68NO7P. The summed E-state index contributed by atoms with van der Waals surface area (Å²) in [5, 5.41) is 0. The van der Waals surface area contributed by atoms with Gasteiger partial charge in [0.1, 0.15) is 19.3 Å². The number of esters is 1. The minimum absolute atomic E-state index is 0.0304. The van der Waals surface area contributed by atoms with Crippen molar-refractivity contribution in [2.45, 2.75) is 155 Å². The molecule has 252 valence electrons. The maximum Gasteiger partial charge on any atom is 0.306 e. The summed E-state index contributed by atoms with van der Waals surface area (Å²) >= 11 is 0. The summed E-state index contributed by atoms with van der Waals surface area (Å²) in [6.45, 7) is 5.39. The molecule has 0 N–H and O–H groups in total. The number of quaternary nitrogens is 1. The van der Waals surface area contributed by atoms with E-state index in [0.717, 1.165) is 32.1 Å². The third kappa shape index (κ3) is 30.9. The van der Waals surface area contributed by atoms with Crippen molar-refractivity contribution in [1.29, 1.82) is 0 Å². The van der Waals surface area contributed by atoms with Gasteiger partial charge in [0, 0.05) is 13.0 Å². The zero-order chi connectivity index (χ0) is 31.4. The Hall–Kier alpha value is -0.500. The maximum absolute atomic E-state index is 12.5. The molecule has 0 aromatic carbocycles. The van der Waals surface area contributed by atoms with Crippen molar-refractivity contribution in [3.8, 4) is 0 Å². The van der Waals surface area contributed by atoms with Crippen LogP contribution in [0.3, 0.4) is 0 Å². The first-order chi connectivity index (χ1) is 20.1. The van der Waals surface area contributed by atoms with E-state index in [2.05, 4.69) is 13.8 Å². The summed E-state index contributed by atoms with van der Waals surface area (Å²) in [6.07, 6.45) is 23.9. The fraction of sp³-hybridized carbons (Fsp3) is 0.970. The minimum Gasteiger partial charge on any atom is -0.756 e. The highest BCUT2D eigenvalue weighted by atomic mass is 31.2. The second-order valence-corrected chi connectivity index (χ2v) is 14.3. The van der Waals surface area contributed by atoms with E-state index in [0.29, 0.717) is 24.1 Å². The Kier molecular flexibility index (Phi) is 27.7. The highest BCUT2D eigenvalue weighted by Crippen LogP contribution is 2.38. The lowest BCUT2D eigenvalue weighted by atomic mass is 10.1. The summed E-state index contributed by atoms with van der Waals surface area (Å²) in [7, 11) is 1.36. The molecule has 0 aromatic rings. The summed E-state index contributed by atoms with van der Waals surface area (Å²) in [5.41, 5.74) is 0. The van der Waals surface area contributed by atoms with Gasteiger partial charge in [-0.2, -0.15) is 0 Å². The second-order valence-electron chi connectivity index (χ2n) is 12.9. The smallest absolute Gasteiger partial charge is 0.306 e. The van der Waals surface area contributed by atoms with Crippen LogP contribution in [0.4, 0.5) is 0 Å². The van der Waals surface area contributed by atoms with Gasteiger partial charge in [0.2, 0.25) is 0 Å². The van der Waals surface area contributed by atoms with E-state index in [9.17, 15) is 14.3 Å². The monoisotopic (exact) mass is 621 g/mol. The molecule has 0 fully saturated rings. The van der Waals surface area contributed by atoms with Crippen molar-refractivity contribution in [3.63, 3.8) is 0 Å². The zero-order valence-corrected chi connectivity index (χ0v) is 29.1. The molecule has 0 aromatic heterocycles. The number of hydrogen-bond acceptors (Lipinski definition) is 7. The number of nitrogens with zero attached hydrogens (tertiary/aromatic N) is 1. The number of likely N-dealkylation sites (N-methyl/N-ethyl adjacent to an activating group) is 1. The Labute approximate surface area is 259 Å². The molecule has 0 rings (SSSR count). The van der Waals surface area contributed by atoms with Gasteiger partial charge < -0.3 is 27.9 Å². The summed E-state index contributed by atoms with van der Waals surface area (Å²) in [6, 6.07) is 0. The van der Waals surface area contributed by atoms with Crippen molar-refractivity contribution in [2.24, 2.45) is 0 Å². The molecule has 0 radical (unpaired) electrons. The van der Waals surface area contributed by atoms with Crippen LogP contribution in [0.2, 0.25) is 0 Å². The quantitative estimate of drug-likeness (QED) is 0.0322.